The molecule has 6 nitrogen and oxygen atoms in total. The average Bonchev–Trinajstić information content (AvgIpc) is 2.83. The molecule has 3 N–H and O–H groups in total. The summed E-state index contributed by atoms with van der Waals surface area (Å²) in [6.07, 6.45) is 3.30. The first-order chi connectivity index (χ1) is 8.01. The SMILES string of the molecule is CC(N)C1CCCN(S(=O)(=O)c2ccn[nH]2)C1. The molecule has 2 unspecified atom stereocenters. The number of H-pyrrole nitrogens is 1. The highest BCUT2D eigenvalue weighted by Gasteiger charge is 2.32. The van der Waals surface area contributed by atoms with Crippen LogP contribution in [0.5, 0.6) is 0 Å². The highest BCUT2D eigenvalue weighted by Crippen LogP contribution is 2.23. The quantitative estimate of drug-likeness (QED) is 0.807. The Hall–Kier alpha value is -0.920. The van der Waals surface area contributed by atoms with Crippen molar-refractivity contribution in [2.24, 2.45) is 11.7 Å². The van der Waals surface area contributed by atoms with Gasteiger partial charge < -0.3 is 5.73 Å². The fourth-order valence-corrected chi connectivity index (χ4v) is 3.58. The van der Waals surface area contributed by atoms with Crippen LogP contribution in [-0.4, -0.2) is 42.1 Å². The van der Waals surface area contributed by atoms with E-state index in [9.17, 15) is 8.42 Å². The molecule has 2 atom stereocenters. The lowest BCUT2D eigenvalue weighted by atomic mass is 9.93. The summed E-state index contributed by atoms with van der Waals surface area (Å²) >= 11 is 0. The topological polar surface area (TPSA) is 92.1 Å². The number of aromatic nitrogens is 2. The number of hydrogen-bond donors (Lipinski definition) is 2. The second-order valence-electron chi connectivity index (χ2n) is 4.55. The smallest absolute Gasteiger partial charge is 0.259 e. The molecular weight excluding hydrogens is 240 g/mol. The van der Waals surface area contributed by atoms with Crippen LogP contribution in [0.3, 0.4) is 0 Å². The van der Waals surface area contributed by atoms with Gasteiger partial charge in [-0.3, -0.25) is 5.10 Å². The molecule has 96 valence electrons. The summed E-state index contributed by atoms with van der Waals surface area (Å²) in [4.78, 5) is 0. The molecule has 0 aromatic carbocycles. The molecule has 0 radical (unpaired) electrons. The lowest BCUT2D eigenvalue weighted by Crippen LogP contribution is -2.45. The largest absolute Gasteiger partial charge is 0.328 e. The van der Waals surface area contributed by atoms with Crippen LogP contribution in [0.2, 0.25) is 0 Å². The van der Waals surface area contributed by atoms with Crippen LogP contribution in [0.1, 0.15) is 19.8 Å². The number of aromatic amines is 1. The Kier molecular flexibility index (Phi) is 3.50. The normalized spacial score (nSPS) is 24.7. The van der Waals surface area contributed by atoms with E-state index in [0.717, 1.165) is 12.8 Å². The number of sulfonamides is 1. The zero-order chi connectivity index (χ0) is 12.5. The summed E-state index contributed by atoms with van der Waals surface area (Å²) in [7, 11) is -3.43. The minimum absolute atomic E-state index is 0.0229. The Morgan fingerprint density at radius 3 is 3.00 bits per heavy atom. The maximum Gasteiger partial charge on any atom is 0.259 e. The van der Waals surface area contributed by atoms with Crippen molar-refractivity contribution in [1.29, 1.82) is 0 Å². The van der Waals surface area contributed by atoms with E-state index in [1.54, 1.807) is 0 Å². The van der Waals surface area contributed by atoms with E-state index in [0.29, 0.717) is 13.1 Å². The van der Waals surface area contributed by atoms with Gasteiger partial charge >= 0.3 is 0 Å². The van der Waals surface area contributed by atoms with Crippen molar-refractivity contribution in [3.05, 3.63) is 12.3 Å². The summed E-state index contributed by atoms with van der Waals surface area (Å²) < 4.78 is 26.0. The van der Waals surface area contributed by atoms with Gasteiger partial charge in [-0.1, -0.05) is 0 Å². The number of rotatable bonds is 3. The van der Waals surface area contributed by atoms with Crippen molar-refractivity contribution in [3.8, 4) is 0 Å². The monoisotopic (exact) mass is 258 g/mol. The number of nitrogens with zero attached hydrogens (tertiary/aromatic N) is 2. The van der Waals surface area contributed by atoms with E-state index < -0.39 is 10.0 Å². The lowest BCUT2D eigenvalue weighted by molar-refractivity contribution is 0.242. The number of nitrogens with one attached hydrogen (secondary N) is 1. The zero-order valence-corrected chi connectivity index (χ0v) is 10.7. The summed E-state index contributed by atoms with van der Waals surface area (Å²) in [5.41, 5.74) is 5.85. The maximum absolute atomic E-state index is 12.2. The number of hydrogen-bond acceptors (Lipinski definition) is 4. The molecule has 0 spiro atoms. The molecule has 7 heteroatoms. The molecular formula is C10H18N4O2S. The van der Waals surface area contributed by atoms with E-state index >= 15 is 0 Å². The van der Waals surface area contributed by atoms with E-state index in [1.807, 2.05) is 6.92 Å². The molecule has 1 fully saturated rings. The third-order valence-electron chi connectivity index (χ3n) is 3.26. The van der Waals surface area contributed by atoms with Crippen molar-refractivity contribution in [2.75, 3.05) is 13.1 Å². The number of nitrogens with two attached hydrogens (primary N) is 1. The van der Waals surface area contributed by atoms with Crippen molar-refractivity contribution >= 4 is 10.0 Å². The predicted molar refractivity (Wildman–Crippen MR) is 63.7 cm³/mol. The number of piperidine rings is 1. The van der Waals surface area contributed by atoms with Gasteiger partial charge in [0.15, 0.2) is 5.03 Å². The fourth-order valence-electron chi connectivity index (χ4n) is 2.15. The Balaban J connectivity index is 2.17. The van der Waals surface area contributed by atoms with E-state index in [4.69, 9.17) is 5.73 Å². The molecule has 0 bridgehead atoms. The molecule has 2 heterocycles. The van der Waals surface area contributed by atoms with Gasteiger partial charge in [0.2, 0.25) is 0 Å². The molecule has 17 heavy (non-hydrogen) atoms. The third kappa shape index (κ3) is 2.51. The minimum atomic E-state index is -3.43. The average molecular weight is 258 g/mol. The molecule has 2 rings (SSSR count). The van der Waals surface area contributed by atoms with Gasteiger partial charge in [-0.25, -0.2) is 8.42 Å². The van der Waals surface area contributed by atoms with Crippen LogP contribution in [0.25, 0.3) is 0 Å². The molecule has 1 aromatic rings. The predicted octanol–water partition coefficient (Wildman–Crippen LogP) is 0.158. The molecule has 1 aliphatic heterocycles. The zero-order valence-electron chi connectivity index (χ0n) is 9.83. The first-order valence-corrected chi connectivity index (χ1v) is 7.21. The van der Waals surface area contributed by atoms with Crippen molar-refractivity contribution in [1.82, 2.24) is 14.5 Å². The van der Waals surface area contributed by atoms with Crippen molar-refractivity contribution in [2.45, 2.75) is 30.8 Å². The van der Waals surface area contributed by atoms with Crippen LogP contribution < -0.4 is 5.73 Å². The molecule has 0 saturated carbocycles. The molecule has 0 aliphatic carbocycles. The van der Waals surface area contributed by atoms with Crippen LogP contribution in [0.4, 0.5) is 0 Å². The van der Waals surface area contributed by atoms with Gasteiger partial charge in [0, 0.05) is 19.1 Å². The van der Waals surface area contributed by atoms with Gasteiger partial charge in [-0.15, -0.1) is 0 Å². The lowest BCUT2D eigenvalue weighted by Gasteiger charge is -2.33. The third-order valence-corrected chi connectivity index (χ3v) is 5.05. The summed E-state index contributed by atoms with van der Waals surface area (Å²) in [5, 5.41) is 6.35. The van der Waals surface area contributed by atoms with E-state index in [-0.39, 0.29) is 17.0 Å². The molecule has 1 saturated heterocycles. The van der Waals surface area contributed by atoms with Crippen LogP contribution in [0, 0.1) is 5.92 Å². The molecule has 1 aromatic heterocycles. The van der Waals surface area contributed by atoms with Gasteiger partial charge in [0.1, 0.15) is 0 Å². The Morgan fingerprint density at radius 2 is 2.41 bits per heavy atom. The van der Waals surface area contributed by atoms with E-state index in [2.05, 4.69) is 10.2 Å². The Bertz CT molecular complexity index is 455. The fraction of sp³-hybridized carbons (Fsp3) is 0.700. The highest BCUT2D eigenvalue weighted by molar-refractivity contribution is 7.89. The molecule has 0 amide bonds. The van der Waals surface area contributed by atoms with Gasteiger partial charge in [-0.05, 0) is 31.7 Å². The standard InChI is InChI=1S/C10H18N4O2S/c1-8(11)9-3-2-6-14(7-9)17(15,16)10-4-5-12-13-10/h4-5,8-9H,2-3,6-7,11H2,1H3,(H,12,13). The summed E-state index contributed by atoms with van der Waals surface area (Å²) in [6.45, 7) is 2.99. The summed E-state index contributed by atoms with van der Waals surface area (Å²) in [6, 6.07) is 1.50. The first-order valence-electron chi connectivity index (χ1n) is 5.77. The van der Waals surface area contributed by atoms with Gasteiger partial charge in [-0.2, -0.15) is 9.40 Å². The summed E-state index contributed by atoms with van der Waals surface area (Å²) in [5.74, 6) is 0.237. The first kappa shape index (κ1) is 12.5. The Labute approximate surface area is 101 Å². The van der Waals surface area contributed by atoms with Gasteiger partial charge in [0.25, 0.3) is 10.0 Å². The Morgan fingerprint density at radius 1 is 1.65 bits per heavy atom. The minimum Gasteiger partial charge on any atom is -0.328 e. The maximum atomic E-state index is 12.2. The van der Waals surface area contributed by atoms with Crippen LogP contribution in [0.15, 0.2) is 17.3 Å². The second kappa shape index (κ2) is 4.75. The van der Waals surface area contributed by atoms with Crippen LogP contribution in [-0.2, 0) is 10.0 Å². The van der Waals surface area contributed by atoms with Crippen molar-refractivity contribution in [3.63, 3.8) is 0 Å². The molecule has 1 aliphatic rings. The van der Waals surface area contributed by atoms with E-state index in [1.165, 1.54) is 16.6 Å². The van der Waals surface area contributed by atoms with Crippen LogP contribution >= 0.6 is 0 Å². The highest BCUT2D eigenvalue weighted by atomic mass is 32.2. The second-order valence-corrected chi connectivity index (χ2v) is 6.45. The van der Waals surface area contributed by atoms with Gasteiger partial charge in [0.05, 0.1) is 6.20 Å². The van der Waals surface area contributed by atoms with Crippen molar-refractivity contribution < 1.29 is 8.42 Å².